The zero-order valence-electron chi connectivity index (χ0n) is 17.7. The van der Waals surface area contributed by atoms with Gasteiger partial charge in [-0.25, -0.2) is 22.2 Å². The van der Waals surface area contributed by atoms with Gasteiger partial charge in [-0.1, -0.05) is 6.42 Å². The average Bonchev–Trinajstić information content (AvgIpc) is 2.66. The summed E-state index contributed by atoms with van der Waals surface area (Å²) in [6.07, 6.45) is 3.32. The normalized spacial score (nSPS) is 27.3. The number of hydrogen-bond donors (Lipinski definition) is 3. The van der Waals surface area contributed by atoms with Crippen molar-refractivity contribution in [3.63, 3.8) is 0 Å². The van der Waals surface area contributed by atoms with E-state index in [4.69, 9.17) is 5.41 Å². The SMILES string of the molecule is C[C@@]1(c2cc(NC(=O)c3ccc(F)cn3)ccc2F)CS(=O)(=O)[C@@](C)(C2CCC2)C(=N)N1. The molecule has 1 aliphatic carbocycles. The lowest BCUT2D eigenvalue weighted by Gasteiger charge is -2.50. The van der Waals surface area contributed by atoms with Crippen molar-refractivity contribution in [2.75, 3.05) is 11.1 Å². The number of rotatable bonds is 4. The number of anilines is 1. The van der Waals surface area contributed by atoms with Crippen LogP contribution in [0.15, 0.2) is 36.5 Å². The second kappa shape index (κ2) is 7.61. The summed E-state index contributed by atoms with van der Waals surface area (Å²) in [5, 5.41) is 14.0. The lowest BCUT2D eigenvalue weighted by atomic mass is 9.74. The zero-order valence-corrected chi connectivity index (χ0v) is 18.5. The molecule has 2 fully saturated rings. The molecule has 1 aliphatic heterocycles. The van der Waals surface area contributed by atoms with Gasteiger partial charge in [0.25, 0.3) is 5.91 Å². The highest BCUT2D eigenvalue weighted by molar-refractivity contribution is 7.93. The van der Waals surface area contributed by atoms with Crippen LogP contribution in [0.4, 0.5) is 14.5 Å². The van der Waals surface area contributed by atoms with E-state index in [1.54, 1.807) is 6.92 Å². The Morgan fingerprint density at radius 2 is 1.94 bits per heavy atom. The first kappa shape index (κ1) is 22.3. The molecule has 3 N–H and O–H groups in total. The third-order valence-electron chi connectivity index (χ3n) is 6.68. The van der Waals surface area contributed by atoms with Crippen molar-refractivity contribution in [1.82, 2.24) is 10.3 Å². The van der Waals surface area contributed by atoms with Crippen molar-refractivity contribution in [2.24, 2.45) is 5.92 Å². The van der Waals surface area contributed by atoms with E-state index in [0.717, 1.165) is 37.6 Å². The predicted octanol–water partition coefficient (Wildman–Crippen LogP) is 3.38. The topological polar surface area (TPSA) is 112 Å². The van der Waals surface area contributed by atoms with Crippen molar-refractivity contribution in [3.05, 3.63) is 59.4 Å². The molecule has 2 atom stereocenters. The van der Waals surface area contributed by atoms with Gasteiger partial charge < -0.3 is 10.6 Å². The Morgan fingerprint density at radius 3 is 2.50 bits per heavy atom. The average molecular weight is 463 g/mol. The fourth-order valence-electron chi connectivity index (χ4n) is 4.41. The number of halogens is 2. The number of pyridine rings is 1. The number of hydrogen-bond acceptors (Lipinski definition) is 5. The highest BCUT2D eigenvalue weighted by Crippen LogP contribution is 2.46. The van der Waals surface area contributed by atoms with Crippen LogP contribution in [0.2, 0.25) is 0 Å². The summed E-state index contributed by atoms with van der Waals surface area (Å²) in [5.41, 5.74) is -1.18. The van der Waals surface area contributed by atoms with Gasteiger partial charge in [-0.15, -0.1) is 0 Å². The van der Waals surface area contributed by atoms with Gasteiger partial charge in [0.2, 0.25) is 0 Å². The van der Waals surface area contributed by atoms with Gasteiger partial charge in [-0.2, -0.15) is 0 Å². The quantitative estimate of drug-likeness (QED) is 0.645. The number of sulfone groups is 1. The lowest BCUT2D eigenvalue weighted by molar-refractivity contribution is 0.102. The summed E-state index contributed by atoms with van der Waals surface area (Å²) in [6, 6.07) is 6.13. The van der Waals surface area contributed by atoms with E-state index in [9.17, 15) is 22.0 Å². The van der Waals surface area contributed by atoms with Gasteiger partial charge in [-0.05, 0) is 62.9 Å². The summed E-state index contributed by atoms with van der Waals surface area (Å²) in [5.74, 6) is -2.52. The molecule has 7 nitrogen and oxygen atoms in total. The molecule has 32 heavy (non-hydrogen) atoms. The zero-order chi connectivity index (χ0) is 23.3. The van der Waals surface area contributed by atoms with Gasteiger partial charge in [0, 0.05) is 11.3 Å². The van der Waals surface area contributed by atoms with Crippen LogP contribution in [-0.4, -0.2) is 35.6 Å². The van der Waals surface area contributed by atoms with Crippen LogP contribution < -0.4 is 10.6 Å². The van der Waals surface area contributed by atoms with Crippen molar-refractivity contribution in [1.29, 1.82) is 5.41 Å². The molecule has 2 heterocycles. The highest BCUT2D eigenvalue weighted by atomic mass is 32.2. The lowest BCUT2D eigenvalue weighted by Crippen LogP contribution is -2.68. The summed E-state index contributed by atoms with van der Waals surface area (Å²) in [4.78, 5) is 16.1. The first-order valence-electron chi connectivity index (χ1n) is 10.3. The molecule has 0 bridgehead atoms. The molecule has 0 radical (unpaired) electrons. The van der Waals surface area contributed by atoms with Crippen LogP contribution >= 0.6 is 0 Å². The van der Waals surface area contributed by atoms with Crippen LogP contribution in [-0.2, 0) is 15.4 Å². The highest BCUT2D eigenvalue weighted by Gasteiger charge is 2.58. The van der Waals surface area contributed by atoms with Crippen LogP contribution in [0, 0.1) is 23.0 Å². The standard InChI is InChI=1S/C22H24F2N4O3S/c1-21(12-32(30,31)22(2,20(25)28-21)13-4-3-5-13)16-10-15(7-8-17(16)24)27-19(29)18-9-6-14(23)11-26-18/h6-11,13H,3-5,12H2,1-2H3,(H2,25,28)(H,27,29)/t21-,22-/m0/s1. The van der Waals surface area contributed by atoms with Crippen molar-refractivity contribution >= 4 is 27.3 Å². The second-order valence-electron chi connectivity index (χ2n) is 8.84. The Morgan fingerprint density at radius 1 is 1.22 bits per heavy atom. The van der Waals surface area contributed by atoms with Crippen LogP contribution in [0.5, 0.6) is 0 Å². The molecule has 170 valence electrons. The molecule has 4 rings (SSSR count). The maximum Gasteiger partial charge on any atom is 0.274 e. The minimum atomic E-state index is -3.77. The molecular weight excluding hydrogens is 438 g/mol. The van der Waals surface area contributed by atoms with Gasteiger partial charge >= 0.3 is 0 Å². The molecule has 1 aromatic heterocycles. The molecule has 1 saturated heterocycles. The van der Waals surface area contributed by atoms with Gasteiger partial charge in [0.05, 0.1) is 17.5 Å². The maximum absolute atomic E-state index is 14.8. The third kappa shape index (κ3) is 3.56. The molecule has 2 aromatic rings. The first-order valence-corrected chi connectivity index (χ1v) is 11.9. The maximum atomic E-state index is 14.8. The van der Waals surface area contributed by atoms with E-state index in [2.05, 4.69) is 15.6 Å². The van der Waals surface area contributed by atoms with Crippen LogP contribution in [0.1, 0.15) is 49.2 Å². The van der Waals surface area contributed by atoms with Crippen molar-refractivity contribution in [2.45, 2.75) is 43.4 Å². The second-order valence-corrected chi connectivity index (χ2v) is 11.2. The third-order valence-corrected chi connectivity index (χ3v) is 9.47. The Labute approximate surface area is 185 Å². The fourth-order valence-corrected chi connectivity index (χ4v) is 6.81. The number of amidine groups is 1. The Kier molecular flexibility index (Phi) is 5.31. The van der Waals surface area contributed by atoms with Gasteiger partial charge in [-0.3, -0.25) is 10.2 Å². The first-order chi connectivity index (χ1) is 15.0. The molecule has 10 heteroatoms. The van der Waals surface area contributed by atoms with E-state index in [1.807, 2.05) is 0 Å². The molecule has 1 amide bonds. The molecule has 1 saturated carbocycles. The molecule has 1 aromatic carbocycles. The fraction of sp³-hybridized carbons (Fsp3) is 0.409. The molecule has 0 spiro atoms. The number of nitrogens with one attached hydrogen (secondary N) is 3. The van der Waals surface area contributed by atoms with Crippen molar-refractivity contribution in [3.8, 4) is 0 Å². The molecular formula is C22H24F2N4O3S. The largest absolute Gasteiger partial charge is 0.362 e. The predicted molar refractivity (Wildman–Crippen MR) is 116 cm³/mol. The van der Waals surface area contributed by atoms with E-state index in [-0.39, 0.29) is 34.5 Å². The van der Waals surface area contributed by atoms with E-state index < -0.39 is 37.7 Å². The van der Waals surface area contributed by atoms with E-state index >= 15 is 0 Å². The summed E-state index contributed by atoms with van der Waals surface area (Å²) >= 11 is 0. The monoisotopic (exact) mass is 462 g/mol. The number of nitrogens with zero attached hydrogens (tertiary/aromatic N) is 1. The van der Waals surface area contributed by atoms with Gasteiger partial charge in [0.1, 0.15) is 27.9 Å². The Bertz CT molecular complexity index is 1200. The van der Waals surface area contributed by atoms with Gasteiger partial charge in [0.15, 0.2) is 9.84 Å². The van der Waals surface area contributed by atoms with Crippen LogP contribution in [0.3, 0.4) is 0 Å². The summed E-state index contributed by atoms with van der Waals surface area (Å²) < 4.78 is 53.2. The van der Waals surface area contributed by atoms with Crippen LogP contribution in [0.25, 0.3) is 0 Å². The van der Waals surface area contributed by atoms with E-state index in [0.29, 0.717) is 0 Å². The Balaban J connectivity index is 1.64. The smallest absolute Gasteiger partial charge is 0.274 e. The number of carbonyl (C=O) groups excluding carboxylic acids is 1. The number of benzene rings is 1. The molecule has 0 unspecified atom stereocenters. The minimum absolute atomic E-state index is 0.0198. The minimum Gasteiger partial charge on any atom is -0.362 e. The number of carbonyl (C=O) groups is 1. The number of aromatic nitrogens is 1. The Hall–Kier alpha value is -2.88. The summed E-state index contributed by atoms with van der Waals surface area (Å²) in [7, 11) is -3.77. The van der Waals surface area contributed by atoms with E-state index in [1.165, 1.54) is 25.1 Å². The number of amides is 1. The molecule has 2 aliphatic rings. The summed E-state index contributed by atoms with van der Waals surface area (Å²) in [6.45, 7) is 3.11. The van der Waals surface area contributed by atoms with Crippen molar-refractivity contribution < 1.29 is 22.0 Å².